The molecule has 1 heterocycles. The number of ether oxygens (including phenoxy) is 1. The highest BCUT2D eigenvalue weighted by molar-refractivity contribution is 5.78. The summed E-state index contributed by atoms with van der Waals surface area (Å²) in [6, 6.07) is 18.0. The molecule has 0 N–H and O–H groups in total. The molecular formula is C18H19NO. The third-order valence-corrected chi connectivity index (χ3v) is 4.44. The molecule has 102 valence electrons. The number of hydrogen-bond acceptors (Lipinski definition) is 2. The Morgan fingerprint density at radius 2 is 1.55 bits per heavy atom. The van der Waals surface area contributed by atoms with Gasteiger partial charge >= 0.3 is 0 Å². The number of morpholine rings is 1. The van der Waals surface area contributed by atoms with E-state index in [1.807, 2.05) is 0 Å². The minimum atomic E-state index is 0.323. The van der Waals surface area contributed by atoms with Gasteiger partial charge in [-0.15, -0.1) is 0 Å². The topological polar surface area (TPSA) is 12.5 Å². The Bertz CT molecular complexity index is 591. The lowest BCUT2D eigenvalue weighted by Gasteiger charge is -2.36. The lowest BCUT2D eigenvalue weighted by Crippen LogP contribution is -2.42. The maximum atomic E-state index is 5.70. The summed E-state index contributed by atoms with van der Waals surface area (Å²) in [5, 5.41) is 0. The molecule has 2 aromatic carbocycles. The predicted molar refractivity (Wildman–Crippen MR) is 80.7 cm³/mol. The molecule has 0 saturated carbocycles. The maximum Gasteiger partial charge on any atom is 0.0674 e. The highest BCUT2D eigenvalue weighted by Gasteiger charge is 2.34. The quantitative estimate of drug-likeness (QED) is 0.782. The molecule has 20 heavy (non-hydrogen) atoms. The second kappa shape index (κ2) is 4.72. The van der Waals surface area contributed by atoms with Gasteiger partial charge in [0.25, 0.3) is 0 Å². The molecular weight excluding hydrogens is 246 g/mol. The van der Waals surface area contributed by atoms with Crippen LogP contribution in [0.5, 0.6) is 0 Å². The maximum absolute atomic E-state index is 5.70. The molecule has 0 bridgehead atoms. The van der Waals surface area contributed by atoms with Crippen molar-refractivity contribution in [3.8, 4) is 11.1 Å². The molecule has 0 aromatic heterocycles. The molecule has 0 radical (unpaired) electrons. The summed E-state index contributed by atoms with van der Waals surface area (Å²) in [7, 11) is 0. The standard InChI is InChI=1S/C18H19NO/c1-13-12-19(10-11-20-13)18-16-8-4-2-6-14(16)15-7-3-5-9-17(15)18/h2-9,13,18H,10-12H2,1H3. The SMILES string of the molecule is CC1CN(C2c3ccccc3-c3ccccc32)CCO1. The van der Waals surface area contributed by atoms with Gasteiger partial charge in [0.15, 0.2) is 0 Å². The van der Waals surface area contributed by atoms with Crippen LogP contribution in [0.3, 0.4) is 0 Å². The smallest absolute Gasteiger partial charge is 0.0674 e. The zero-order chi connectivity index (χ0) is 13.5. The van der Waals surface area contributed by atoms with Crippen LogP contribution in [0.4, 0.5) is 0 Å². The zero-order valence-corrected chi connectivity index (χ0v) is 11.8. The van der Waals surface area contributed by atoms with E-state index < -0.39 is 0 Å². The molecule has 1 aliphatic heterocycles. The first-order valence-corrected chi connectivity index (χ1v) is 7.38. The molecule has 2 heteroatoms. The lowest BCUT2D eigenvalue weighted by molar-refractivity contribution is -0.0283. The summed E-state index contributed by atoms with van der Waals surface area (Å²) in [4.78, 5) is 2.57. The average Bonchev–Trinajstić information content (AvgIpc) is 2.82. The first kappa shape index (κ1) is 12.1. The summed E-state index contributed by atoms with van der Waals surface area (Å²) in [5.74, 6) is 0. The lowest BCUT2D eigenvalue weighted by atomic mass is 10.0. The third-order valence-electron chi connectivity index (χ3n) is 4.44. The van der Waals surface area contributed by atoms with Crippen LogP contribution >= 0.6 is 0 Å². The number of rotatable bonds is 1. The van der Waals surface area contributed by atoms with Crippen LogP contribution in [-0.2, 0) is 4.74 Å². The van der Waals surface area contributed by atoms with Crippen molar-refractivity contribution in [3.63, 3.8) is 0 Å². The van der Waals surface area contributed by atoms with Crippen molar-refractivity contribution in [2.75, 3.05) is 19.7 Å². The van der Waals surface area contributed by atoms with Crippen LogP contribution in [0.15, 0.2) is 48.5 Å². The Balaban J connectivity index is 1.83. The first-order chi connectivity index (χ1) is 9.84. The second-order valence-electron chi connectivity index (χ2n) is 5.75. The summed E-state index contributed by atoms with van der Waals surface area (Å²) in [5.41, 5.74) is 5.69. The van der Waals surface area contributed by atoms with Crippen molar-refractivity contribution < 1.29 is 4.74 Å². The second-order valence-corrected chi connectivity index (χ2v) is 5.75. The zero-order valence-electron chi connectivity index (χ0n) is 11.8. The van der Waals surface area contributed by atoms with Crippen molar-refractivity contribution in [3.05, 3.63) is 59.7 Å². The molecule has 1 fully saturated rings. The average molecular weight is 265 g/mol. The summed E-state index contributed by atoms with van der Waals surface area (Å²) < 4.78 is 5.70. The van der Waals surface area contributed by atoms with Gasteiger partial charge in [-0.25, -0.2) is 0 Å². The van der Waals surface area contributed by atoms with Gasteiger partial charge in [0.1, 0.15) is 0 Å². The predicted octanol–water partition coefficient (Wildman–Crippen LogP) is 3.48. The fourth-order valence-electron chi connectivity index (χ4n) is 3.60. The molecule has 1 atom stereocenters. The van der Waals surface area contributed by atoms with E-state index in [1.165, 1.54) is 22.3 Å². The number of fused-ring (bicyclic) bond motifs is 3. The Hall–Kier alpha value is -1.64. The number of nitrogens with zero attached hydrogens (tertiary/aromatic N) is 1. The van der Waals surface area contributed by atoms with Crippen molar-refractivity contribution >= 4 is 0 Å². The van der Waals surface area contributed by atoms with E-state index in [-0.39, 0.29) is 0 Å². The van der Waals surface area contributed by atoms with Gasteiger partial charge in [-0.1, -0.05) is 48.5 Å². The first-order valence-electron chi connectivity index (χ1n) is 7.38. The van der Waals surface area contributed by atoms with Crippen LogP contribution in [-0.4, -0.2) is 30.7 Å². The van der Waals surface area contributed by atoms with E-state index in [9.17, 15) is 0 Å². The Morgan fingerprint density at radius 3 is 2.15 bits per heavy atom. The van der Waals surface area contributed by atoms with Crippen molar-refractivity contribution in [1.29, 1.82) is 0 Å². The molecule has 1 unspecified atom stereocenters. The highest BCUT2D eigenvalue weighted by Crippen LogP contribution is 2.46. The van der Waals surface area contributed by atoms with Gasteiger partial charge in [-0.3, -0.25) is 4.90 Å². The Morgan fingerprint density at radius 1 is 0.950 bits per heavy atom. The van der Waals surface area contributed by atoms with Crippen LogP contribution in [0.2, 0.25) is 0 Å². The summed E-state index contributed by atoms with van der Waals surface area (Å²) >= 11 is 0. The van der Waals surface area contributed by atoms with Gasteiger partial charge in [0.2, 0.25) is 0 Å². The molecule has 1 aliphatic carbocycles. The normalized spacial score (nSPS) is 22.6. The molecule has 2 nitrogen and oxygen atoms in total. The minimum Gasteiger partial charge on any atom is -0.376 e. The molecule has 1 saturated heterocycles. The Labute approximate surface area is 120 Å². The van der Waals surface area contributed by atoms with Gasteiger partial charge in [-0.2, -0.15) is 0 Å². The largest absolute Gasteiger partial charge is 0.376 e. The van der Waals surface area contributed by atoms with Crippen LogP contribution < -0.4 is 0 Å². The highest BCUT2D eigenvalue weighted by atomic mass is 16.5. The minimum absolute atomic E-state index is 0.323. The van der Waals surface area contributed by atoms with Gasteiger partial charge in [0.05, 0.1) is 18.8 Å². The monoisotopic (exact) mass is 265 g/mol. The third kappa shape index (κ3) is 1.80. The molecule has 2 aromatic rings. The molecule has 0 spiro atoms. The fourth-order valence-corrected chi connectivity index (χ4v) is 3.60. The number of benzene rings is 2. The van der Waals surface area contributed by atoms with E-state index in [0.717, 1.165) is 19.7 Å². The fraction of sp³-hybridized carbons (Fsp3) is 0.333. The van der Waals surface area contributed by atoms with Crippen molar-refractivity contribution in [2.24, 2.45) is 0 Å². The summed E-state index contributed by atoms with van der Waals surface area (Å²) in [6.07, 6.45) is 0.323. The molecule has 0 amide bonds. The summed E-state index contributed by atoms with van der Waals surface area (Å²) in [6.45, 7) is 5.02. The van der Waals surface area contributed by atoms with Gasteiger partial charge in [0, 0.05) is 13.1 Å². The van der Waals surface area contributed by atoms with E-state index in [1.54, 1.807) is 0 Å². The van der Waals surface area contributed by atoms with E-state index in [0.29, 0.717) is 12.1 Å². The van der Waals surface area contributed by atoms with Crippen molar-refractivity contribution in [2.45, 2.75) is 19.1 Å². The van der Waals surface area contributed by atoms with Gasteiger partial charge < -0.3 is 4.74 Å². The van der Waals surface area contributed by atoms with E-state index in [4.69, 9.17) is 4.74 Å². The molecule has 2 aliphatic rings. The van der Waals surface area contributed by atoms with Crippen LogP contribution in [0, 0.1) is 0 Å². The van der Waals surface area contributed by atoms with E-state index in [2.05, 4.69) is 60.4 Å². The van der Waals surface area contributed by atoms with Crippen LogP contribution in [0.1, 0.15) is 24.1 Å². The van der Waals surface area contributed by atoms with Gasteiger partial charge in [-0.05, 0) is 29.2 Å². The number of hydrogen-bond donors (Lipinski definition) is 0. The molecule has 4 rings (SSSR count). The Kier molecular flexibility index (Phi) is 2.86. The van der Waals surface area contributed by atoms with Crippen LogP contribution in [0.25, 0.3) is 11.1 Å². The van der Waals surface area contributed by atoms with Crippen molar-refractivity contribution in [1.82, 2.24) is 4.90 Å². The van der Waals surface area contributed by atoms with E-state index >= 15 is 0 Å².